The average Bonchev–Trinajstić information content (AvgIpc) is 3.16. The second-order valence-corrected chi connectivity index (χ2v) is 14.6. The number of aliphatic hydroxyl groups excluding tert-OH is 1. The fraction of sp³-hybridized carbons (Fsp3) is 0.349. The minimum atomic E-state index is -1.20. The predicted molar refractivity (Wildman–Crippen MR) is 208 cm³/mol. The lowest BCUT2D eigenvalue weighted by atomic mass is 9.71. The molecule has 0 fully saturated rings. The van der Waals surface area contributed by atoms with Crippen molar-refractivity contribution in [1.29, 1.82) is 0 Å². The van der Waals surface area contributed by atoms with Crippen LogP contribution in [-0.2, 0) is 41.8 Å². The molecule has 0 aliphatic carbocycles. The Bertz CT molecular complexity index is 2350. The van der Waals surface area contributed by atoms with E-state index in [9.17, 15) is 24.9 Å². The van der Waals surface area contributed by atoms with Crippen LogP contribution >= 0.6 is 0 Å². The molecule has 0 saturated carbocycles. The van der Waals surface area contributed by atoms with Gasteiger partial charge in [-0.3, -0.25) is 4.79 Å². The molecule has 2 aromatic carbocycles. The number of nitrogen functional groups attached to an aromatic ring is 1. The van der Waals surface area contributed by atoms with Gasteiger partial charge in [0.2, 0.25) is 0 Å². The van der Waals surface area contributed by atoms with Gasteiger partial charge in [0.15, 0.2) is 5.43 Å². The van der Waals surface area contributed by atoms with Crippen molar-refractivity contribution in [2.45, 2.75) is 84.0 Å². The topological polar surface area (TPSA) is 190 Å². The number of nitrogens with one attached hydrogen (secondary N) is 1. The second kappa shape index (κ2) is 15.1. The van der Waals surface area contributed by atoms with Crippen molar-refractivity contribution in [2.24, 2.45) is 5.92 Å². The zero-order valence-corrected chi connectivity index (χ0v) is 31.4. The molecule has 7 rings (SSSR count). The van der Waals surface area contributed by atoms with E-state index in [1.54, 1.807) is 44.3 Å². The lowest BCUT2D eigenvalue weighted by Gasteiger charge is -2.48. The molecule has 5 aromatic rings. The highest BCUT2D eigenvalue weighted by Crippen LogP contribution is 2.53. The van der Waals surface area contributed by atoms with E-state index in [1.807, 2.05) is 44.3 Å². The number of anilines is 2. The van der Waals surface area contributed by atoms with Gasteiger partial charge in [-0.05, 0) is 99.9 Å². The minimum Gasteiger partial charge on any atom is -0.508 e. The lowest BCUT2D eigenvalue weighted by molar-refractivity contribution is -0.165. The summed E-state index contributed by atoms with van der Waals surface area (Å²) in [5.41, 5.74) is 9.51. The van der Waals surface area contributed by atoms with Crippen molar-refractivity contribution < 1.29 is 34.0 Å². The Morgan fingerprint density at radius 2 is 1.93 bits per heavy atom. The maximum Gasteiger partial charge on any atom is 0.333 e. The molecule has 12 nitrogen and oxygen atoms in total. The highest BCUT2D eigenvalue weighted by atomic mass is 16.6. The van der Waals surface area contributed by atoms with E-state index >= 15 is 0 Å². The number of nitrogens with zero attached hydrogens (tertiary/aromatic N) is 2. The number of aromatic hydroxyl groups is 2. The molecule has 0 spiro atoms. The smallest absolute Gasteiger partial charge is 0.333 e. The molecule has 55 heavy (non-hydrogen) atoms. The van der Waals surface area contributed by atoms with E-state index in [0.29, 0.717) is 54.0 Å². The molecule has 6 N–H and O–H groups in total. The van der Waals surface area contributed by atoms with Gasteiger partial charge >= 0.3 is 5.97 Å². The summed E-state index contributed by atoms with van der Waals surface area (Å²) < 4.78 is 19.9. The highest BCUT2D eigenvalue weighted by molar-refractivity contribution is 5.92. The summed E-state index contributed by atoms with van der Waals surface area (Å²) in [6.45, 7) is 7.53. The molecule has 0 radical (unpaired) electrons. The van der Waals surface area contributed by atoms with Gasteiger partial charge < -0.3 is 40.3 Å². The van der Waals surface area contributed by atoms with Crippen LogP contribution < -0.4 is 21.2 Å². The van der Waals surface area contributed by atoms with E-state index in [2.05, 4.69) is 15.3 Å². The Morgan fingerprint density at radius 1 is 1.11 bits per heavy atom. The number of aromatic nitrogens is 2. The van der Waals surface area contributed by atoms with E-state index in [1.165, 1.54) is 0 Å². The Morgan fingerprint density at radius 3 is 2.64 bits per heavy atom. The average molecular weight is 747 g/mol. The lowest BCUT2D eigenvalue weighted by Crippen LogP contribution is -2.57. The molecule has 2 aliphatic rings. The number of benzene rings is 2. The fourth-order valence-electron chi connectivity index (χ4n) is 8.13. The summed E-state index contributed by atoms with van der Waals surface area (Å²) in [6.07, 6.45) is 6.06. The number of pyridine rings is 2. The Kier molecular flexibility index (Phi) is 10.3. The second-order valence-electron chi connectivity index (χ2n) is 14.6. The van der Waals surface area contributed by atoms with E-state index in [4.69, 9.17) is 19.6 Å². The standard InChI is InChI=1S/C43H46N4O8/c1-5-23(3)42(52)54-34-20-32-38(51)37-33(50)19-28(22-48)53-40(37)36-31(18-24-8-7-9-27(49)17-24)29-14-15-46-41(44)30(29)12-11-26(43(34,4)55-39(32)36)16-25-10-13-35(45-6-2)47-21-25/h5,7-10,13-15,17,19,21,26,31,34,48-49,51H,6,11-12,16,18,20,22H2,1-4H3,(H2,44,46)(H,45,47)/b23-5-/t26-,31-,34+,43-/m0/s1. The molecule has 5 heterocycles. The van der Waals surface area contributed by atoms with Gasteiger partial charge in [-0.25, -0.2) is 14.8 Å². The monoisotopic (exact) mass is 746 g/mol. The number of carbonyl (C=O) groups excluding carboxylic acids is 1. The maximum absolute atomic E-state index is 13.9. The van der Waals surface area contributed by atoms with Crippen molar-refractivity contribution >= 4 is 28.6 Å². The minimum absolute atomic E-state index is 0.00866. The highest BCUT2D eigenvalue weighted by Gasteiger charge is 2.52. The molecule has 0 amide bonds. The van der Waals surface area contributed by atoms with Gasteiger partial charge in [-0.15, -0.1) is 0 Å². The Hall–Kier alpha value is -5.88. The normalized spacial score (nSPS) is 20.7. The Labute approximate surface area is 318 Å². The van der Waals surface area contributed by atoms with Crippen LogP contribution in [0.2, 0.25) is 0 Å². The number of esters is 1. The summed E-state index contributed by atoms with van der Waals surface area (Å²) in [5, 5.41) is 35.9. The number of fused-ring (bicyclic) bond motifs is 4. The van der Waals surface area contributed by atoms with Gasteiger partial charge in [0.1, 0.15) is 63.9 Å². The van der Waals surface area contributed by atoms with E-state index < -0.39 is 35.6 Å². The summed E-state index contributed by atoms with van der Waals surface area (Å²) in [7, 11) is 0. The van der Waals surface area contributed by atoms with Crippen molar-refractivity contribution in [3.63, 3.8) is 0 Å². The first kappa shape index (κ1) is 37.4. The van der Waals surface area contributed by atoms with Gasteiger partial charge in [0, 0.05) is 60.0 Å². The Balaban J connectivity index is 1.54. The summed E-state index contributed by atoms with van der Waals surface area (Å²) in [5.74, 6) is -0.323. The first-order chi connectivity index (χ1) is 26.4. The molecule has 3 aromatic heterocycles. The van der Waals surface area contributed by atoms with E-state index in [-0.39, 0.29) is 40.6 Å². The zero-order valence-electron chi connectivity index (χ0n) is 31.4. The summed E-state index contributed by atoms with van der Waals surface area (Å²) in [4.78, 5) is 36.6. The van der Waals surface area contributed by atoms with Crippen LogP contribution in [0.5, 0.6) is 17.2 Å². The SMILES string of the molecule is C/C=C(/C)C(=O)O[C@@H]1Cc2c3c(c4oc(CO)cc(=O)c4c2O)[C@@H](Cc2cccc(O)c2)c2ccnc(N)c2CC[C@@H](Cc2ccc(NCC)nc2)[C@]1(C)O3. The van der Waals surface area contributed by atoms with Crippen LogP contribution in [-0.4, -0.2) is 49.5 Å². The molecule has 12 heteroatoms. The molecular weight excluding hydrogens is 700 g/mol. The third-order valence-electron chi connectivity index (χ3n) is 11.2. The van der Waals surface area contributed by atoms with Crippen molar-refractivity contribution in [3.8, 4) is 17.2 Å². The molecule has 0 unspecified atom stereocenters. The summed E-state index contributed by atoms with van der Waals surface area (Å²) in [6, 6.07) is 13.9. The number of rotatable bonds is 9. The third-order valence-corrected chi connectivity index (χ3v) is 11.2. The number of phenols is 2. The van der Waals surface area contributed by atoms with Crippen LogP contribution in [0.1, 0.15) is 79.2 Å². The van der Waals surface area contributed by atoms with Crippen LogP contribution in [0.15, 0.2) is 81.8 Å². The number of carbonyl (C=O) groups is 1. The van der Waals surface area contributed by atoms with Crippen LogP contribution in [0.3, 0.4) is 0 Å². The molecular formula is C43H46N4O8. The molecule has 2 aliphatic heterocycles. The molecule has 286 valence electrons. The number of allylic oxidation sites excluding steroid dienone is 1. The van der Waals surface area contributed by atoms with Crippen molar-refractivity contribution in [3.05, 3.63) is 122 Å². The predicted octanol–water partition coefficient (Wildman–Crippen LogP) is 6.25. The third kappa shape index (κ3) is 6.98. The van der Waals surface area contributed by atoms with Gasteiger partial charge in [-0.2, -0.15) is 0 Å². The number of aliphatic hydroxyl groups is 1. The number of phenolic OH excluding ortho intramolecular Hbond substituents is 2. The number of ether oxygens (including phenoxy) is 2. The first-order valence-corrected chi connectivity index (χ1v) is 18.6. The largest absolute Gasteiger partial charge is 0.508 e. The van der Waals surface area contributed by atoms with Crippen molar-refractivity contribution in [2.75, 3.05) is 17.6 Å². The molecule has 0 saturated heterocycles. The quantitative estimate of drug-likeness (QED) is 0.0843. The number of hydrogen-bond acceptors (Lipinski definition) is 12. The maximum atomic E-state index is 13.9. The van der Waals surface area contributed by atoms with Gasteiger partial charge in [-0.1, -0.05) is 24.3 Å². The fourth-order valence-corrected chi connectivity index (χ4v) is 8.13. The van der Waals surface area contributed by atoms with Gasteiger partial charge in [0.05, 0.1) is 0 Å². The zero-order chi connectivity index (χ0) is 39.0. The molecule has 2 bridgehead atoms. The number of hydrogen-bond donors (Lipinski definition) is 5. The van der Waals surface area contributed by atoms with Crippen LogP contribution in [0, 0.1) is 5.92 Å². The summed E-state index contributed by atoms with van der Waals surface area (Å²) >= 11 is 0. The number of nitrogens with two attached hydrogens (primary N) is 1. The molecule has 4 atom stereocenters. The van der Waals surface area contributed by atoms with Crippen molar-refractivity contribution in [1.82, 2.24) is 9.97 Å². The van der Waals surface area contributed by atoms with Crippen LogP contribution in [0.4, 0.5) is 11.6 Å². The van der Waals surface area contributed by atoms with Gasteiger partial charge in [0.25, 0.3) is 0 Å². The van der Waals surface area contributed by atoms with Crippen LogP contribution in [0.25, 0.3) is 11.0 Å². The first-order valence-electron chi connectivity index (χ1n) is 18.6. The van der Waals surface area contributed by atoms with E-state index in [0.717, 1.165) is 40.7 Å².